The van der Waals surface area contributed by atoms with Crippen molar-refractivity contribution in [2.24, 2.45) is 0 Å². The quantitative estimate of drug-likeness (QED) is 0.871. The summed E-state index contributed by atoms with van der Waals surface area (Å²) in [7, 11) is 0. The summed E-state index contributed by atoms with van der Waals surface area (Å²) in [4.78, 5) is 20.5. The number of H-pyrrole nitrogens is 1. The van der Waals surface area contributed by atoms with Crippen molar-refractivity contribution in [1.29, 1.82) is 0 Å². The summed E-state index contributed by atoms with van der Waals surface area (Å²) in [5.74, 6) is 1.41. The molecular formula is C14H14N2O2S. The number of thioether (sulfide) groups is 1. The first-order valence-corrected chi connectivity index (χ1v) is 7.18. The maximum absolute atomic E-state index is 11.9. The molecule has 0 fully saturated rings. The minimum atomic E-state index is -0.0617. The van der Waals surface area contributed by atoms with Gasteiger partial charge in [-0.25, -0.2) is 4.98 Å². The van der Waals surface area contributed by atoms with Crippen molar-refractivity contribution in [3.05, 3.63) is 57.8 Å². The van der Waals surface area contributed by atoms with E-state index in [1.807, 2.05) is 18.2 Å². The van der Waals surface area contributed by atoms with Crippen LogP contribution >= 0.6 is 11.8 Å². The Morgan fingerprint density at radius 1 is 1.32 bits per heavy atom. The monoisotopic (exact) mass is 274 g/mol. The number of aromatic amines is 1. The Kier molecular flexibility index (Phi) is 3.66. The SMILES string of the molecule is O=c1[nH]c(CSc2ccccc2)nc2c1COCC2. The van der Waals surface area contributed by atoms with E-state index in [-0.39, 0.29) is 5.56 Å². The number of hydrogen-bond acceptors (Lipinski definition) is 4. The van der Waals surface area contributed by atoms with Crippen molar-refractivity contribution in [3.63, 3.8) is 0 Å². The third-order valence-corrected chi connectivity index (χ3v) is 4.02. The minimum absolute atomic E-state index is 0.0617. The van der Waals surface area contributed by atoms with E-state index in [1.165, 1.54) is 4.90 Å². The molecule has 1 N–H and O–H groups in total. The molecule has 3 rings (SSSR count). The first-order chi connectivity index (χ1) is 9.33. The van der Waals surface area contributed by atoms with Crippen LogP contribution in [0, 0.1) is 0 Å². The highest BCUT2D eigenvalue weighted by atomic mass is 32.2. The zero-order chi connectivity index (χ0) is 13.1. The van der Waals surface area contributed by atoms with Gasteiger partial charge in [-0.2, -0.15) is 0 Å². The van der Waals surface area contributed by atoms with Crippen LogP contribution < -0.4 is 5.56 Å². The Labute approximate surface area is 115 Å². The van der Waals surface area contributed by atoms with Gasteiger partial charge in [-0.1, -0.05) is 18.2 Å². The topological polar surface area (TPSA) is 55.0 Å². The predicted molar refractivity (Wildman–Crippen MR) is 74.2 cm³/mol. The van der Waals surface area contributed by atoms with Crippen molar-refractivity contribution >= 4 is 11.8 Å². The summed E-state index contributed by atoms with van der Waals surface area (Å²) in [6, 6.07) is 10.1. The highest BCUT2D eigenvalue weighted by Crippen LogP contribution is 2.21. The number of nitrogens with one attached hydrogen (secondary N) is 1. The molecule has 1 aromatic heterocycles. The van der Waals surface area contributed by atoms with E-state index in [1.54, 1.807) is 11.8 Å². The van der Waals surface area contributed by atoms with Gasteiger partial charge >= 0.3 is 0 Å². The van der Waals surface area contributed by atoms with Crippen LogP contribution in [-0.4, -0.2) is 16.6 Å². The normalized spacial score (nSPS) is 14.1. The summed E-state index contributed by atoms with van der Waals surface area (Å²) >= 11 is 1.67. The summed E-state index contributed by atoms with van der Waals surface area (Å²) in [6.45, 7) is 1.03. The van der Waals surface area contributed by atoms with Crippen LogP contribution in [-0.2, 0) is 23.5 Å². The molecule has 5 heteroatoms. The van der Waals surface area contributed by atoms with E-state index in [4.69, 9.17) is 4.74 Å². The van der Waals surface area contributed by atoms with Gasteiger partial charge in [0.2, 0.25) is 0 Å². The smallest absolute Gasteiger partial charge is 0.256 e. The van der Waals surface area contributed by atoms with Gasteiger partial charge in [0.15, 0.2) is 0 Å². The molecule has 0 amide bonds. The number of rotatable bonds is 3. The molecule has 0 unspecified atom stereocenters. The van der Waals surface area contributed by atoms with Crippen LogP contribution in [0.2, 0.25) is 0 Å². The molecule has 2 heterocycles. The second-order valence-corrected chi connectivity index (χ2v) is 5.39. The number of ether oxygens (including phenoxy) is 1. The van der Waals surface area contributed by atoms with Crippen LogP contribution in [0.4, 0.5) is 0 Å². The lowest BCUT2D eigenvalue weighted by Gasteiger charge is -2.15. The van der Waals surface area contributed by atoms with Crippen LogP contribution in [0.3, 0.4) is 0 Å². The lowest BCUT2D eigenvalue weighted by atomic mass is 10.1. The second kappa shape index (κ2) is 5.59. The van der Waals surface area contributed by atoms with Gasteiger partial charge in [0.1, 0.15) is 5.82 Å². The molecule has 98 valence electrons. The van der Waals surface area contributed by atoms with Gasteiger partial charge < -0.3 is 9.72 Å². The number of nitrogens with zero attached hydrogens (tertiary/aromatic N) is 1. The largest absolute Gasteiger partial charge is 0.376 e. The molecule has 1 aliphatic heterocycles. The van der Waals surface area contributed by atoms with Gasteiger partial charge in [0.05, 0.1) is 30.2 Å². The fourth-order valence-electron chi connectivity index (χ4n) is 2.03. The average Bonchev–Trinajstić information content (AvgIpc) is 2.46. The lowest BCUT2D eigenvalue weighted by molar-refractivity contribution is 0.108. The van der Waals surface area contributed by atoms with Crippen molar-refractivity contribution < 1.29 is 4.74 Å². The Hall–Kier alpha value is -1.59. The first kappa shape index (κ1) is 12.4. The van der Waals surface area contributed by atoms with E-state index in [0.717, 1.165) is 17.9 Å². The minimum Gasteiger partial charge on any atom is -0.376 e. The van der Waals surface area contributed by atoms with Crippen LogP contribution in [0.25, 0.3) is 0 Å². The Morgan fingerprint density at radius 3 is 3.00 bits per heavy atom. The summed E-state index contributed by atoms with van der Waals surface area (Å²) in [6.07, 6.45) is 0.724. The number of aromatic nitrogens is 2. The van der Waals surface area contributed by atoms with Crippen molar-refractivity contribution in [1.82, 2.24) is 9.97 Å². The highest BCUT2D eigenvalue weighted by Gasteiger charge is 2.15. The van der Waals surface area contributed by atoms with Gasteiger partial charge in [0, 0.05) is 11.3 Å². The van der Waals surface area contributed by atoms with Crippen molar-refractivity contribution in [3.8, 4) is 0 Å². The summed E-state index contributed by atoms with van der Waals surface area (Å²) < 4.78 is 5.28. The van der Waals surface area contributed by atoms with E-state index < -0.39 is 0 Å². The lowest BCUT2D eigenvalue weighted by Crippen LogP contribution is -2.25. The number of hydrogen-bond donors (Lipinski definition) is 1. The van der Waals surface area contributed by atoms with Gasteiger partial charge in [0.25, 0.3) is 5.56 Å². The van der Waals surface area contributed by atoms with Crippen LogP contribution in [0.15, 0.2) is 40.0 Å². The first-order valence-electron chi connectivity index (χ1n) is 6.19. The molecule has 0 radical (unpaired) electrons. The molecule has 0 aliphatic carbocycles. The van der Waals surface area contributed by atoms with Gasteiger partial charge in [-0.15, -0.1) is 11.8 Å². The average molecular weight is 274 g/mol. The fourth-order valence-corrected chi connectivity index (χ4v) is 2.82. The Bertz CT molecular complexity index is 625. The molecule has 4 nitrogen and oxygen atoms in total. The molecular weight excluding hydrogens is 260 g/mol. The van der Waals surface area contributed by atoms with E-state index >= 15 is 0 Å². The molecule has 0 spiro atoms. The zero-order valence-electron chi connectivity index (χ0n) is 10.4. The van der Waals surface area contributed by atoms with Crippen molar-refractivity contribution in [2.75, 3.05) is 6.61 Å². The molecule has 19 heavy (non-hydrogen) atoms. The molecule has 0 bridgehead atoms. The van der Waals surface area contributed by atoms with Crippen LogP contribution in [0.1, 0.15) is 17.1 Å². The van der Waals surface area contributed by atoms with Gasteiger partial charge in [-0.3, -0.25) is 4.79 Å². The standard InChI is InChI=1S/C14H14N2O2S/c17-14-11-8-18-7-6-12(11)15-13(16-14)9-19-10-4-2-1-3-5-10/h1-5H,6-9H2,(H,15,16,17). The van der Waals surface area contributed by atoms with Crippen molar-refractivity contribution in [2.45, 2.75) is 23.7 Å². The molecule has 1 aliphatic rings. The maximum Gasteiger partial charge on any atom is 0.256 e. The Morgan fingerprint density at radius 2 is 2.16 bits per heavy atom. The third kappa shape index (κ3) is 2.88. The predicted octanol–water partition coefficient (Wildman–Crippen LogP) is 2.13. The number of fused-ring (bicyclic) bond motifs is 1. The molecule has 2 aromatic rings. The van der Waals surface area contributed by atoms with Gasteiger partial charge in [-0.05, 0) is 12.1 Å². The van der Waals surface area contributed by atoms with E-state index in [9.17, 15) is 4.79 Å². The summed E-state index contributed by atoms with van der Waals surface area (Å²) in [5.41, 5.74) is 1.51. The van der Waals surface area contributed by atoms with Crippen LogP contribution in [0.5, 0.6) is 0 Å². The molecule has 0 saturated heterocycles. The molecule has 1 aromatic carbocycles. The fraction of sp³-hybridized carbons (Fsp3) is 0.286. The van der Waals surface area contributed by atoms with E-state index in [0.29, 0.717) is 24.5 Å². The third-order valence-electron chi connectivity index (χ3n) is 3.00. The molecule has 0 saturated carbocycles. The number of benzene rings is 1. The van der Waals surface area contributed by atoms with E-state index in [2.05, 4.69) is 22.1 Å². The highest BCUT2D eigenvalue weighted by molar-refractivity contribution is 7.98. The second-order valence-electron chi connectivity index (χ2n) is 4.34. The maximum atomic E-state index is 11.9. The Balaban J connectivity index is 1.78. The zero-order valence-corrected chi connectivity index (χ0v) is 11.2. The molecule has 0 atom stereocenters. The summed E-state index contributed by atoms with van der Waals surface area (Å²) in [5, 5.41) is 0.